The van der Waals surface area contributed by atoms with Gasteiger partial charge in [-0.05, 0) is 45.5 Å². The van der Waals surface area contributed by atoms with Crippen molar-refractivity contribution in [1.29, 1.82) is 0 Å². The van der Waals surface area contributed by atoms with Crippen molar-refractivity contribution in [3.05, 3.63) is 64.5 Å². The van der Waals surface area contributed by atoms with Crippen LogP contribution in [0.2, 0.25) is 0 Å². The number of benzene rings is 1. The Kier molecular flexibility index (Phi) is 2.80. The Balaban J connectivity index is 1.86. The van der Waals surface area contributed by atoms with Gasteiger partial charge >= 0.3 is 0 Å². The molecule has 0 radical (unpaired) electrons. The van der Waals surface area contributed by atoms with Crippen molar-refractivity contribution in [2.45, 2.75) is 6.04 Å². The molecule has 1 atom stereocenters. The highest BCUT2D eigenvalue weighted by atomic mass is 32.1. The molecule has 98 valence electrons. The monoisotopic (exact) mass is 296 g/mol. The maximum Gasteiger partial charge on any atom is 0.0809 e. The molecule has 0 saturated heterocycles. The predicted molar refractivity (Wildman–Crippen MR) is 87.5 cm³/mol. The number of aromatic nitrogens is 1. The van der Waals surface area contributed by atoms with Crippen molar-refractivity contribution >= 4 is 43.0 Å². The molecule has 0 aliphatic heterocycles. The molecule has 0 spiro atoms. The number of nitrogens with zero attached hydrogens (tertiary/aromatic N) is 1. The molecular formula is C16H12N2S2. The zero-order valence-electron chi connectivity index (χ0n) is 10.6. The quantitative estimate of drug-likeness (QED) is 0.589. The Morgan fingerprint density at radius 3 is 2.90 bits per heavy atom. The molecule has 0 fully saturated rings. The molecule has 0 amide bonds. The Hall–Kier alpha value is -1.75. The van der Waals surface area contributed by atoms with E-state index in [9.17, 15) is 0 Å². The summed E-state index contributed by atoms with van der Waals surface area (Å²) in [6, 6.07) is 12.5. The maximum absolute atomic E-state index is 6.47. The molecule has 1 aromatic carbocycles. The van der Waals surface area contributed by atoms with E-state index in [1.54, 1.807) is 22.7 Å². The first-order chi connectivity index (χ1) is 9.83. The second-order valence-corrected chi connectivity index (χ2v) is 6.60. The molecule has 4 rings (SSSR count). The summed E-state index contributed by atoms with van der Waals surface area (Å²) in [5.74, 6) is 0. The molecule has 0 bridgehead atoms. The molecule has 3 aromatic heterocycles. The summed E-state index contributed by atoms with van der Waals surface area (Å²) < 4.78 is 2.46. The van der Waals surface area contributed by atoms with Crippen LogP contribution in [0, 0.1) is 0 Å². The predicted octanol–water partition coefficient (Wildman–Crippen LogP) is 4.56. The van der Waals surface area contributed by atoms with Crippen molar-refractivity contribution in [1.82, 2.24) is 4.98 Å². The minimum atomic E-state index is -0.128. The van der Waals surface area contributed by atoms with Crippen molar-refractivity contribution in [2.75, 3.05) is 0 Å². The van der Waals surface area contributed by atoms with Gasteiger partial charge in [-0.15, -0.1) is 22.7 Å². The highest BCUT2D eigenvalue weighted by molar-refractivity contribution is 7.17. The standard InChI is InChI=1S/C16H12N2S2/c17-15(11-8-14-13(18-9-11)5-7-19-14)12-3-1-2-10-4-6-20-16(10)12/h1-9,15H,17H2. The fourth-order valence-electron chi connectivity index (χ4n) is 2.47. The Bertz CT molecular complexity index is 891. The number of nitrogens with two attached hydrogens (primary N) is 1. The maximum atomic E-state index is 6.47. The van der Waals surface area contributed by atoms with Crippen LogP contribution in [-0.4, -0.2) is 4.98 Å². The highest BCUT2D eigenvalue weighted by Crippen LogP contribution is 2.32. The molecule has 4 aromatic rings. The third kappa shape index (κ3) is 1.85. The number of fused-ring (bicyclic) bond motifs is 2. The van der Waals surface area contributed by atoms with Crippen LogP contribution in [0.3, 0.4) is 0 Å². The molecule has 0 saturated carbocycles. The van der Waals surface area contributed by atoms with E-state index < -0.39 is 0 Å². The summed E-state index contributed by atoms with van der Waals surface area (Å²) in [6.07, 6.45) is 1.90. The molecule has 3 heterocycles. The van der Waals surface area contributed by atoms with Crippen LogP contribution in [0.4, 0.5) is 0 Å². The lowest BCUT2D eigenvalue weighted by atomic mass is 10.00. The first-order valence-electron chi connectivity index (χ1n) is 6.38. The summed E-state index contributed by atoms with van der Waals surface area (Å²) in [5, 5.41) is 5.43. The summed E-state index contributed by atoms with van der Waals surface area (Å²) in [5.41, 5.74) is 9.76. The van der Waals surface area contributed by atoms with E-state index >= 15 is 0 Å². The van der Waals surface area contributed by atoms with E-state index in [1.807, 2.05) is 12.3 Å². The SMILES string of the molecule is NC(c1cnc2ccsc2c1)c1cccc2ccsc12. The van der Waals surface area contributed by atoms with Gasteiger partial charge in [-0.25, -0.2) is 0 Å². The minimum Gasteiger partial charge on any atom is -0.320 e. The van der Waals surface area contributed by atoms with Gasteiger partial charge in [0.1, 0.15) is 0 Å². The lowest BCUT2D eigenvalue weighted by Crippen LogP contribution is -2.12. The number of pyridine rings is 1. The number of hydrogen-bond acceptors (Lipinski definition) is 4. The minimum absolute atomic E-state index is 0.128. The third-order valence-corrected chi connectivity index (χ3v) is 5.36. The van der Waals surface area contributed by atoms with Gasteiger partial charge in [0.15, 0.2) is 0 Å². The van der Waals surface area contributed by atoms with Crippen LogP contribution in [0.15, 0.2) is 53.4 Å². The van der Waals surface area contributed by atoms with Gasteiger partial charge in [0, 0.05) is 10.9 Å². The van der Waals surface area contributed by atoms with E-state index in [4.69, 9.17) is 5.73 Å². The van der Waals surface area contributed by atoms with Crippen molar-refractivity contribution in [3.8, 4) is 0 Å². The van der Waals surface area contributed by atoms with Gasteiger partial charge in [-0.2, -0.15) is 0 Å². The second kappa shape index (κ2) is 4.66. The third-order valence-electron chi connectivity index (χ3n) is 3.53. The summed E-state index contributed by atoms with van der Waals surface area (Å²) >= 11 is 3.45. The van der Waals surface area contributed by atoms with Gasteiger partial charge in [0.05, 0.1) is 16.3 Å². The average molecular weight is 296 g/mol. The van der Waals surface area contributed by atoms with Gasteiger partial charge in [-0.3, -0.25) is 4.98 Å². The highest BCUT2D eigenvalue weighted by Gasteiger charge is 2.14. The molecular weight excluding hydrogens is 284 g/mol. The topological polar surface area (TPSA) is 38.9 Å². The molecule has 0 aliphatic carbocycles. The van der Waals surface area contributed by atoms with E-state index in [-0.39, 0.29) is 6.04 Å². The van der Waals surface area contributed by atoms with Crippen LogP contribution in [0.25, 0.3) is 20.3 Å². The molecule has 20 heavy (non-hydrogen) atoms. The Labute approximate surface area is 124 Å². The van der Waals surface area contributed by atoms with Crippen LogP contribution in [-0.2, 0) is 0 Å². The smallest absolute Gasteiger partial charge is 0.0809 e. The Morgan fingerprint density at radius 1 is 1.05 bits per heavy atom. The average Bonchev–Trinajstić information content (AvgIpc) is 3.13. The van der Waals surface area contributed by atoms with Crippen molar-refractivity contribution < 1.29 is 0 Å². The second-order valence-electron chi connectivity index (χ2n) is 4.74. The van der Waals surface area contributed by atoms with Crippen LogP contribution >= 0.6 is 22.7 Å². The fraction of sp³-hybridized carbons (Fsp3) is 0.0625. The van der Waals surface area contributed by atoms with Crippen LogP contribution < -0.4 is 5.73 Å². The largest absolute Gasteiger partial charge is 0.320 e. The summed E-state index contributed by atoms with van der Waals surface area (Å²) in [7, 11) is 0. The van der Waals surface area contributed by atoms with Crippen molar-refractivity contribution in [2.24, 2.45) is 5.73 Å². The van der Waals surface area contributed by atoms with E-state index in [1.165, 1.54) is 20.3 Å². The lowest BCUT2D eigenvalue weighted by Gasteiger charge is -2.13. The fourth-order valence-corrected chi connectivity index (χ4v) is 4.22. The van der Waals surface area contributed by atoms with Gasteiger partial charge in [0.25, 0.3) is 0 Å². The van der Waals surface area contributed by atoms with E-state index in [0.29, 0.717) is 0 Å². The van der Waals surface area contributed by atoms with Gasteiger partial charge < -0.3 is 5.73 Å². The molecule has 2 N–H and O–H groups in total. The van der Waals surface area contributed by atoms with E-state index in [2.05, 4.69) is 46.1 Å². The Morgan fingerprint density at radius 2 is 1.95 bits per heavy atom. The van der Waals surface area contributed by atoms with E-state index in [0.717, 1.165) is 11.1 Å². The molecule has 0 aliphatic rings. The number of thiophene rings is 2. The van der Waals surface area contributed by atoms with Gasteiger partial charge in [0.2, 0.25) is 0 Å². The number of hydrogen-bond donors (Lipinski definition) is 1. The van der Waals surface area contributed by atoms with Crippen molar-refractivity contribution in [3.63, 3.8) is 0 Å². The summed E-state index contributed by atoms with van der Waals surface area (Å²) in [4.78, 5) is 4.49. The zero-order valence-corrected chi connectivity index (χ0v) is 12.2. The van der Waals surface area contributed by atoms with Crippen LogP contribution in [0.1, 0.15) is 17.2 Å². The molecule has 1 unspecified atom stereocenters. The first kappa shape index (κ1) is 12.0. The zero-order chi connectivity index (χ0) is 13.5. The lowest BCUT2D eigenvalue weighted by molar-refractivity contribution is 0.878. The normalized spacial score (nSPS) is 13.1. The molecule has 4 heteroatoms. The first-order valence-corrected chi connectivity index (χ1v) is 8.14. The number of rotatable bonds is 2. The summed E-state index contributed by atoms with van der Waals surface area (Å²) in [6.45, 7) is 0. The van der Waals surface area contributed by atoms with Crippen LogP contribution in [0.5, 0.6) is 0 Å². The molecule has 2 nitrogen and oxygen atoms in total. The van der Waals surface area contributed by atoms with Gasteiger partial charge in [-0.1, -0.05) is 18.2 Å².